The Labute approximate surface area is 198 Å². The third-order valence-corrected chi connectivity index (χ3v) is 7.99. The van der Waals surface area contributed by atoms with E-state index in [-0.39, 0.29) is 42.9 Å². The average molecular weight is 490 g/mol. The summed E-state index contributed by atoms with van der Waals surface area (Å²) in [6.45, 7) is 4.06. The van der Waals surface area contributed by atoms with Crippen LogP contribution in [0.3, 0.4) is 0 Å². The quantitative estimate of drug-likeness (QED) is 0.682. The van der Waals surface area contributed by atoms with Crippen LogP contribution in [0, 0.1) is 6.92 Å². The first-order valence-corrected chi connectivity index (χ1v) is 12.2. The standard InChI is InChI=1S/C23H27N3O7S/c1-14-9-19-20(33-15(2)22(27)24-19)13-21(14)34(29,30)26-7-5-25(6-8-26)23(28)16-10-17(31-3)12-18(11-16)32-4/h9-13,15H,5-8H2,1-4H3,(H,24,27). The molecule has 34 heavy (non-hydrogen) atoms. The number of piperazine rings is 1. The van der Waals surface area contributed by atoms with Gasteiger partial charge in [-0.2, -0.15) is 4.31 Å². The molecule has 2 aliphatic rings. The number of nitrogens with zero attached hydrogens (tertiary/aromatic N) is 2. The Balaban J connectivity index is 1.51. The summed E-state index contributed by atoms with van der Waals surface area (Å²) in [6.07, 6.45) is -0.712. The molecule has 11 heteroatoms. The number of nitrogens with one attached hydrogen (secondary N) is 1. The number of carbonyl (C=O) groups is 2. The van der Waals surface area contributed by atoms with Crippen LogP contribution in [-0.4, -0.2) is 75.9 Å². The van der Waals surface area contributed by atoms with Gasteiger partial charge in [0.1, 0.15) is 17.2 Å². The highest BCUT2D eigenvalue weighted by Gasteiger charge is 2.33. The Morgan fingerprint density at radius 3 is 2.24 bits per heavy atom. The number of carbonyl (C=O) groups excluding carboxylic acids is 2. The zero-order valence-corrected chi connectivity index (χ0v) is 20.3. The van der Waals surface area contributed by atoms with E-state index >= 15 is 0 Å². The van der Waals surface area contributed by atoms with E-state index < -0.39 is 16.1 Å². The van der Waals surface area contributed by atoms with Gasteiger partial charge >= 0.3 is 0 Å². The molecule has 1 fully saturated rings. The summed E-state index contributed by atoms with van der Waals surface area (Å²) >= 11 is 0. The predicted octanol–water partition coefficient (Wildman–Crippen LogP) is 1.88. The van der Waals surface area contributed by atoms with Crippen LogP contribution in [-0.2, 0) is 14.8 Å². The molecule has 2 amide bonds. The molecular formula is C23H27N3O7S. The maximum absolute atomic E-state index is 13.4. The smallest absolute Gasteiger partial charge is 0.265 e. The lowest BCUT2D eigenvalue weighted by atomic mass is 10.1. The van der Waals surface area contributed by atoms with Gasteiger partial charge < -0.3 is 24.4 Å². The molecule has 1 N–H and O–H groups in total. The highest BCUT2D eigenvalue weighted by molar-refractivity contribution is 7.89. The average Bonchev–Trinajstić information content (AvgIpc) is 2.83. The summed E-state index contributed by atoms with van der Waals surface area (Å²) < 4.78 is 44.2. The third-order valence-electron chi connectivity index (χ3n) is 5.95. The molecule has 0 spiro atoms. The van der Waals surface area contributed by atoms with E-state index in [0.717, 1.165) is 0 Å². The first-order valence-electron chi connectivity index (χ1n) is 10.8. The minimum absolute atomic E-state index is 0.118. The maximum Gasteiger partial charge on any atom is 0.265 e. The molecule has 0 saturated carbocycles. The van der Waals surface area contributed by atoms with E-state index in [2.05, 4.69) is 5.32 Å². The zero-order chi connectivity index (χ0) is 24.6. The van der Waals surface area contributed by atoms with Crippen molar-refractivity contribution in [1.82, 2.24) is 9.21 Å². The van der Waals surface area contributed by atoms with Gasteiger partial charge in [0.15, 0.2) is 6.10 Å². The largest absolute Gasteiger partial charge is 0.497 e. The number of fused-ring (bicyclic) bond motifs is 1. The van der Waals surface area contributed by atoms with Gasteiger partial charge in [-0.25, -0.2) is 8.42 Å². The number of ether oxygens (including phenoxy) is 3. The first kappa shape index (κ1) is 23.8. The Morgan fingerprint density at radius 1 is 1.03 bits per heavy atom. The first-order chi connectivity index (χ1) is 16.1. The van der Waals surface area contributed by atoms with Crippen molar-refractivity contribution in [2.24, 2.45) is 0 Å². The summed E-state index contributed by atoms with van der Waals surface area (Å²) in [6, 6.07) is 7.99. The van der Waals surface area contributed by atoms with E-state index in [9.17, 15) is 18.0 Å². The van der Waals surface area contributed by atoms with Gasteiger partial charge in [0.05, 0.1) is 24.8 Å². The summed E-state index contributed by atoms with van der Waals surface area (Å²) in [5.74, 6) is 0.811. The number of rotatable bonds is 5. The van der Waals surface area contributed by atoms with Crippen molar-refractivity contribution in [3.63, 3.8) is 0 Å². The molecule has 2 aromatic rings. The minimum Gasteiger partial charge on any atom is -0.497 e. The maximum atomic E-state index is 13.4. The van der Waals surface area contributed by atoms with E-state index in [1.54, 1.807) is 43.0 Å². The monoisotopic (exact) mass is 489 g/mol. The van der Waals surface area contributed by atoms with Crippen molar-refractivity contribution >= 4 is 27.5 Å². The lowest BCUT2D eigenvalue weighted by Crippen LogP contribution is -2.50. The van der Waals surface area contributed by atoms with Crippen LogP contribution >= 0.6 is 0 Å². The van der Waals surface area contributed by atoms with Crippen molar-refractivity contribution in [3.8, 4) is 17.2 Å². The summed E-state index contributed by atoms with van der Waals surface area (Å²) in [5, 5.41) is 2.72. The third kappa shape index (κ3) is 4.40. The molecule has 10 nitrogen and oxygen atoms in total. The number of hydrogen-bond acceptors (Lipinski definition) is 7. The molecular weight excluding hydrogens is 462 g/mol. The Morgan fingerprint density at radius 2 is 1.65 bits per heavy atom. The Bertz CT molecular complexity index is 1220. The summed E-state index contributed by atoms with van der Waals surface area (Å²) in [5.41, 5.74) is 1.36. The van der Waals surface area contributed by atoms with Crippen molar-refractivity contribution in [2.45, 2.75) is 24.8 Å². The molecule has 4 rings (SSSR count). The second-order valence-electron chi connectivity index (χ2n) is 8.16. The second kappa shape index (κ2) is 9.15. The molecule has 0 aliphatic carbocycles. The van der Waals surface area contributed by atoms with Crippen molar-refractivity contribution in [1.29, 1.82) is 0 Å². The highest BCUT2D eigenvalue weighted by atomic mass is 32.2. The molecule has 0 bridgehead atoms. The van der Waals surface area contributed by atoms with Crippen molar-refractivity contribution < 1.29 is 32.2 Å². The highest BCUT2D eigenvalue weighted by Crippen LogP contribution is 2.35. The minimum atomic E-state index is -3.83. The van der Waals surface area contributed by atoms with Crippen LogP contribution in [0.2, 0.25) is 0 Å². The molecule has 1 atom stereocenters. The van der Waals surface area contributed by atoms with E-state index in [0.29, 0.717) is 34.1 Å². The predicted molar refractivity (Wildman–Crippen MR) is 124 cm³/mol. The van der Waals surface area contributed by atoms with Gasteiger partial charge in [-0.3, -0.25) is 9.59 Å². The Hall–Kier alpha value is -3.31. The summed E-state index contributed by atoms with van der Waals surface area (Å²) in [7, 11) is -0.812. The van der Waals surface area contributed by atoms with Crippen LogP contribution in [0.15, 0.2) is 35.2 Å². The van der Waals surface area contributed by atoms with Crippen LogP contribution in [0.4, 0.5) is 5.69 Å². The van der Waals surface area contributed by atoms with Crippen molar-refractivity contribution in [2.75, 3.05) is 45.7 Å². The van der Waals surface area contributed by atoms with E-state index in [4.69, 9.17) is 14.2 Å². The van der Waals surface area contributed by atoms with Gasteiger partial charge in [-0.15, -0.1) is 0 Å². The zero-order valence-electron chi connectivity index (χ0n) is 19.5. The number of methoxy groups -OCH3 is 2. The molecule has 182 valence electrons. The fourth-order valence-electron chi connectivity index (χ4n) is 4.00. The summed E-state index contributed by atoms with van der Waals surface area (Å²) in [4.78, 5) is 26.6. The molecule has 2 aliphatic heterocycles. The van der Waals surface area contributed by atoms with E-state index in [1.165, 1.54) is 24.6 Å². The fourth-order valence-corrected chi connectivity index (χ4v) is 5.65. The lowest BCUT2D eigenvalue weighted by molar-refractivity contribution is -0.122. The van der Waals surface area contributed by atoms with Crippen molar-refractivity contribution in [3.05, 3.63) is 41.5 Å². The van der Waals surface area contributed by atoms with Crippen LogP contribution in [0.1, 0.15) is 22.8 Å². The molecule has 1 unspecified atom stereocenters. The fraction of sp³-hybridized carbons (Fsp3) is 0.391. The number of anilines is 1. The number of aryl methyl sites for hydroxylation is 1. The molecule has 1 saturated heterocycles. The second-order valence-corrected chi connectivity index (χ2v) is 10.1. The molecule has 2 aromatic carbocycles. The van der Waals surface area contributed by atoms with Gasteiger partial charge in [-0.1, -0.05) is 0 Å². The van der Waals surface area contributed by atoms with Crippen LogP contribution in [0.25, 0.3) is 0 Å². The molecule has 2 heterocycles. The van der Waals surface area contributed by atoms with Gasteiger partial charge in [0, 0.05) is 43.9 Å². The number of hydrogen-bond donors (Lipinski definition) is 1. The Kier molecular flexibility index (Phi) is 6.41. The van der Waals surface area contributed by atoms with Gasteiger partial charge in [0.2, 0.25) is 10.0 Å². The topological polar surface area (TPSA) is 114 Å². The van der Waals surface area contributed by atoms with E-state index in [1.807, 2.05) is 0 Å². The SMILES string of the molecule is COc1cc(OC)cc(C(=O)N2CCN(S(=O)(=O)c3cc4c(cc3C)NC(=O)C(C)O4)CC2)c1. The molecule has 0 radical (unpaired) electrons. The van der Waals surface area contributed by atoms with Gasteiger partial charge in [0.25, 0.3) is 11.8 Å². The van der Waals surface area contributed by atoms with Gasteiger partial charge in [-0.05, 0) is 37.6 Å². The molecule has 0 aromatic heterocycles. The normalized spacial score (nSPS) is 18.5. The number of benzene rings is 2. The number of amides is 2. The number of sulfonamides is 1. The van der Waals surface area contributed by atoms with Crippen LogP contribution in [0.5, 0.6) is 17.2 Å². The van der Waals surface area contributed by atoms with Crippen LogP contribution < -0.4 is 19.5 Å². The lowest BCUT2D eigenvalue weighted by Gasteiger charge is -2.34.